The topological polar surface area (TPSA) is 66.5 Å². The highest BCUT2D eigenvalue weighted by Crippen LogP contribution is 2.20. The minimum atomic E-state index is -2.81. The molecule has 0 aromatic carbocycles. The molecule has 2 saturated heterocycles. The number of rotatable bonds is 2. The molecule has 2 amide bonds. The number of hydrogen-bond acceptors (Lipinski definition) is 4. The minimum absolute atomic E-state index is 0.00753. The summed E-state index contributed by atoms with van der Waals surface area (Å²) in [7, 11) is -2.81. The van der Waals surface area contributed by atoms with Crippen LogP contribution in [0.5, 0.6) is 0 Å². The lowest BCUT2D eigenvalue weighted by atomic mass is 10.0. The predicted octanol–water partition coefficient (Wildman–Crippen LogP) is 1.35. The molecular weight excluding hydrogens is 296 g/mol. The van der Waals surface area contributed by atoms with Crippen LogP contribution in [0.2, 0.25) is 0 Å². The number of carbonyl (C=O) groups is 1. The molecule has 2 rings (SSSR count). The lowest BCUT2D eigenvalue weighted by Gasteiger charge is -2.25. The zero-order chi connectivity index (χ0) is 14.6. The first-order valence-electron chi connectivity index (χ1n) is 7.31. The summed E-state index contributed by atoms with van der Waals surface area (Å²) in [6.45, 7) is 4.43. The van der Waals surface area contributed by atoms with Gasteiger partial charge in [-0.3, -0.25) is 0 Å². The van der Waals surface area contributed by atoms with Gasteiger partial charge in [0.2, 0.25) is 0 Å². The van der Waals surface area contributed by atoms with Crippen molar-refractivity contribution in [1.29, 1.82) is 0 Å². The van der Waals surface area contributed by atoms with Crippen LogP contribution in [0.3, 0.4) is 0 Å². The van der Waals surface area contributed by atoms with Crippen LogP contribution in [0.1, 0.15) is 26.2 Å². The van der Waals surface area contributed by atoms with Crippen LogP contribution in [0.4, 0.5) is 4.79 Å². The molecule has 7 heteroatoms. The Bertz CT molecular complexity index is 425. The van der Waals surface area contributed by atoms with Crippen molar-refractivity contribution in [1.82, 2.24) is 10.2 Å². The molecule has 0 bridgehead atoms. The Balaban J connectivity index is 1.72. The highest BCUT2D eigenvalue weighted by Gasteiger charge is 2.25. The van der Waals surface area contributed by atoms with Gasteiger partial charge in [0.1, 0.15) is 9.84 Å². The lowest BCUT2D eigenvalue weighted by Crippen LogP contribution is -2.43. The molecule has 0 spiro atoms. The molecular formula is C13H24N2O3S2. The average molecular weight is 320 g/mol. The first kappa shape index (κ1) is 15.9. The molecule has 0 saturated carbocycles. The van der Waals surface area contributed by atoms with Gasteiger partial charge in [-0.25, -0.2) is 13.2 Å². The minimum Gasteiger partial charge on any atom is -0.338 e. The number of hydrogen-bond donors (Lipinski definition) is 1. The van der Waals surface area contributed by atoms with Crippen molar-refractivity contribution >= 4 is 27.6 Å². The van der Waals surface area contributed by atoms with Gasteiger partial charge < -0.3 is 10.2 Å². The fourth-order valence-electron chi connectivity index (χ4n) is 2.59. The van der Waals surface area contributed by atoms with Gasteiger partial charge in [0.15, 0.2) is 0 Å². The molecule has 0 radical (unpaired) electrons. The second-order valence-corrected chi connectivity index (χ2v) is 9.59. The van der Waals surface area contributed by atoms with E-state index in [1.807, 2.05) is 16.7 Å². The number of amides is 2. The molecule has 116 valence electrons. The third kappa shape index (κ3) is 4.84. The maximum absolute atomic E-state index is 12.1. The summed E-state index contributed by atoms with van der Waals surface area (Å²) in [4.78, 5) is 14.0. The van der Waals surface area contributed by atoms with Crippen LogP contribution in [-0.2, 0) is 9.84 Å². The van der Waals surface area contributed by atoms with Gasteiger partial charge in [0.25, 0.3) is 0 Å². The van der Waals surface area contributed by atoms with Crippen molar-refractivity contribution in [2.45, 2.75) is 31.4 Å². The van der Waals surface area contributed by atoms with E-state index in [4.69, 9.17) is 0 Å². The largest absolute Gasteiger partial charge is 0.338 e. The van der Waals surface area contributed by atoms with Gasteiger partial charge in [0, 0.05) is 30.6 Å². The van der Waals surface area contributed by atoms with Crippen LogP contribution in [-0.4, -0.2) is 61.5 Å². The van der Waals surface area contributed by atoms with Gasteiger partial charge in [0.05, 0.1) is 11.5 Å². The molecule has 0 unspecified atom stereocenters. The van der Waals surface area contributed by atoms with Gasteiger partial charge in [-0.2, -0.15) is 11.8 Å². The summed E-state index contributed by atoms with van der Waals surface area (Å²) in [5, 5.41) is 3.60. The van der Waals surface area contributed by atoms with E-state index in [9.17, 15) is 13.2 Å². The Hall–Kier alpha value is -0.430. The molecule has 0 aromatic heterocycles. The standard InChI is InChI=1S/C13H24N2O3S2/c1-11-2-5-15(6-7-19-11)13(16)14-10-12-3-8-20(17,18)9-4-12/h11-12H,2-10H2,1H3,(H,14,16)/t11-/m0/s1. The quantitative estimate of drug-likeness (QED) is 0.834. The van der Waals surface area contributed by atoms with Gasteiger partial charge in [-0.1, -0.05) is 6.92 Å². The van der Waals surface area contributed by atoms with Crippen LogP contribution < -0.4 is 5.32 Å². The fraction of sp³-hybridized carbons (Fsp3) is 0.923. The van der Waals surface area contributed by atoms with Crippen molar-refractivity contribution in [3.05, 3.63) is 0 Å². The van der Waals surface area contributed by atoms with Gasteiger partial charge >= 0.3 is 6.03 Å². The summed E-state index contributed by atoms with van der Waals surface area (Å²) in [6, 6.07) is 0.00753. The summed E-state index contributed by atoms with van der Waals surface area (Å²) in [5.41, 5.74) is 0. The van der Waals surface area contributed by atoms with Crippen LogP contribution in [0.25, 0.3) is 0 Å². The molecule has 5 nitrogen and oxygen atoms in total. The highest BCUT2D eigenvalue weighted by atomic mass is 32.2. The molecule has 1 N–H and O–H groups in total. The van der Waals surface area contributed by atoms with Crippen molar-refractivity contribution in [2.24, 2.45) is 5.92 Å². The smallest absolute Gasteiger partial charge is 0.317 e. The van der Waals surface area contributed by atoms with Gasteiger partial charge in [-0.15, -0.1) is 0 Å². The average Bonchev–Trinajstić information content (AvgIpc) is 2.62. The lowest BCUT2D eigenvalue weighted by molar-refractivity contribution is 0.199. The number of thioether (sulfide) groups is 1. The molecule has 2 fully saturated rings. The Morgan fingerprint density at radius 1 is 1.25 bits per heavy atom. The van der Waals surface area contributed by atoms with E-state index in [-0.39, 0.29) is 17.5 Å². The van der Waals surface area contributed by atoms with E-state index >= 15 is 0 Å². The fourth-order valence-corrected chi connectivity index (χ4v) is 5.18. The molecule has 0 aromatic rings. The number of urea groups is 1. The number of sulfone groups is 1. The van der Waals surface area contributed by atoms with Crippen LogP contribution in [0, 0.1) is 5.92 Å². The van der Waals surface area contributed by atoms with E-state index in [0.717, 1.165) is 25.3 Å². The molecule has 1 atom stereocenters. The molecule has 20 heavy (non-hydrogen) atoms. The first-order chi connectivity index (χ1) is 9.46. The van der Waals surface area contributed by atoms with E-state index < -0.39 is 9.84 Å². The van der Waals surface area contributed by atoms with Gasteiger partial charge in [-0.05, 0) is 25.2 Å². The van der Waals surface area contributed by atoms with Crippen LogP contribution >= 0.6 is 11.8 Å². The second kappa shape index (κ2) is 7.02. The summed E-state index contributed by atoms with van der Waals surface area (Å²) >= 11 is 1.92. The Morgan fingerprint density at radius 3 is 2.65 bits per heavy atom. The van der Waals surface area contributed by atoms with E-state index in [0.29, 0.717) is 30.6 Å². The Morgan fingerprint density at radius 2 is 1.95 bits per heavy atom. The maximum Gasteiger partial charge on any atom is 0.317 e. The third-order valence-electron chi connectivity index (χ3n) is 4.07. The van der Waals surface area contributed by atoms with Crippen molar-refractivity contribution in [3.63, 3.8) is 0 Å². The first-order valence-corrected chi connectivity index (χ1v) is 10.2. The maximum atomic E-state index is 12.1. The summed E-state index contributed by atoms with van der Waals surface area (Å²) in [6.07, 6.45) is 2.39. The zero-order valence-corrected chi connectivity index (χ0v) is 13.6. The second-order valence-electron chi connectivity index (χ2n) is 5.74. The SMILES string of the molecule is C[C@H]1CCN(C(=O)NCC2CCS(=O)(=O)CC2)CCS1. The third-order valence-corrected chi connectivity index (χ3v) is 7.01. The van der Waals surface area contributed by atoms with Crippen LogP contribution in [0.15, 0.2) is 0 Å². The molecule has 2 heterocycles. The Labute approximate surface area is 125 Å². The zero-order valence-electron chi connectivity index (χ0n) is 12.0. The summed E-state index contributed by atoms with van der Waals surface area (Å²) in [5.74, 6) is 1.84. The normalized spacial score (nSPS) is 27.9. The molecule has 0 aliphatic carbocycles. The highest BCUT2D eigenvalue weighted by molar-refractivity contribution is 7.99. The number of nitrogens with zero attached hydrogens (tertiary/aromatic N) is 1. The predicted molar refractivity (Wildman–Crippen MR) is 82.9 cm³/mol. The van der Waals surface area contributed by atoms with E-state index in [1.54, 1.807) is 0 Å². The number of carbonyl (C=O) groups excluding carboxylic acids is 1. The van der Waals surface area contributed by atoms with Crippen molar-refractivity contribution in [2.75, 3.05) is 36.9 Å². The monoisotopic (exact) mass is 320 g/mol. The van der Waals surface area contributed by atoms with Crippen molar-refractivity contribution in [3.8, 4) is 0 Å². The Kier molecular flexibility index (Phi) is 5.60. The number of nitrogens with one attached hydrogen (secondary N) is 1. The van der Waals surface area contributed by atoms with E-state index in [1.165, 1.54) is 0 Å². The molecule has 2 aliphatic rings. The molecule has 2 aliphatic heterocycles. The van der Waals surface area contributed by atoms with Crippen molar-refractivity contribution < 1.29 is 13.2 Å². The summed E-state index contributed by atoms with van der Waals surface area (Å²) < 4.78 is 22.7. The van der Waals surface area contributed by atoms with E-state index in [2.05, 4.69) is 12.2 Å².